The van der Waals surface area contributed by atoms with E-state index in [0.717, 1.165) is 5.56 Å². The maximum absolute atomic E-state index is 11.8. The number of carbonyl (C=O) groups excluding carboxylic acids is 1. The molecule has 0 aliphatic carbocycles. The molecule has 7 heteroatoms. The van der Waals surface area contributed by atoms with Crippen molar-refractivity contribution in [1.82, 2.24) is 5.32 Å². The van der Waals surface area contributed by atoms with Crippen molar-refractivity contribution in [2.75, 3.05) is 19.8 Å². The average Bonchev–Trinajstić information content (AvgIpc) is 2.38. The second-order valence-corrected chi connectivity index (χ2v) is 4.26. The number of nitrogens with one attached hydrogen (secondary N) is 1. The molecule has 20 heavy (non-hydrogen) atoms. The quantitative estimate of drug-likeness (QED) is 0.804. The third-order valence-electron chi connectivity index (χ3n) is 2.50. The summed E-state index contributed by atoms with van der Waals surface area (Å²) in [5.41, 5.74) is 6.85. The Morgan fingerprint density at radius 3 is 2.55 bits per heavy atom. The molecular formula is C13H17F3N2O2. The summed E-state index contributed by atoms with van der Waals surface area (Å²) in [6, 6.07) is 9.11. The lowest BCUT2D eigenvalue weighted by molar-refractivity contribution is -0.175. The fourth-order valence-corrected chi connectivity index (χ4v) is 1.54. The number of ether oxygens (including phenoxy) is 1. The van der Waals surface area contributed by atoms with E-state index in [2.05, 4.69) is 10.1 Å². The molecule has 0 saturated heterocycles. The fraction of sp³-hybridized carbons (Fsp3) is 0.462. The van der Waals surface area contributed by atoms with Gasteiger partial charge in [0.15, 0.2) is 0 Å². The van der Waals surface area contributed by atoms with E-state index in [9.17, 15) is 18.0 Å². The summed E-state index contributed by atoms with van der Waals surface area (Å²) < 4.78 is 39.6. The van der Waals surface area contributed by atoms with Gasteiger partial charge in [0.2, 0.25) is 5.91 Å². The minimum absolute atomic E-state index is 0.229. The Balaban J connectivity index is 2.16. The van der Waals surface area contributed by atoms with Gasteiger partial charge < -0.3 is 15.8 Å². The van der Waals surface area contributed by atoms with Crippen molar-refractivity contribution in [3.05, 3.63) is 35.9 Å². The monoisotopic (exact) mass is 290 g/mol. The van der Waals surface area contributed by atoms with Gasteiger partial charge in [0.1, 0.15) is 13.2 Å². The van der Waals surface area contributed by atoms with Crippen LogP contribution in [0.2, 0.25) is 0 Å². The number of hydrogen-bond donors (Lipinski definition) is 2. The smallest absolute Gasteiger partial charge is 0.362 e. The third-order valence-corrected chi connectivity index (χ3v) is 2.50. The van der Waals surface area contributed by atoms with Gasteiger partial charge in [-0.25, -0.2) is 0 Å². The van der Waals surface area contributed by atoms with E-state index in [1.165, 1.54) is 0 Å². The number of carbonyl (C=O) groups is 1. The fourth-order valence-electron chi connectivity index (χ4n) is 1.54. The molecule has 0 radical (unpaired) electrons. The first-order valence-corrected chi connectivity index (χ1v) is 6.10. The van der Waals surface area contributed by atoms with Gasteiger partial charge in [-0.05, 0) is 12.0 Å². The first-order valence-electron chi connectivity index (χ1n) is 6.10. The number of alkyl halides is 3. The molecule has 1 rings (SSSR count). The van der Waals surface area contributed by atoms with Crippen LogP contribution in [-0.2, 0) is 9.53 Å². The maximum Gasteiger partial charge on any atom is 0.411 e. The Bertz CT molecular complexity index is 410. The van der Waals surface area contributed by atoms with Crippen LogP contribution in [-0.4, -0.2) is 31.8 Å². The van der Waals surface area contributed by atoms with Crippen LogP contribution in [0.4, 0.5) is 13.2 Å². The van der Waals surface area contributed by atoms with Crippen molar-refractivity contribution in [3.63, 3.8) is 0 Å². The molecule has 112 valence electrons. The summed E-state index contributed by atoms with van der Waals surface area (Å²) in [5.74, 6) is -0.588. The standard InChI is InChI=1S/C13H17F3N2O2/c14-13(15,16)9-20-8-12(19)18-7-6-11(17)10-4-2-1-3-5-10/h1-5,11H,6-9,17H2,(H,18,19). The van der Waals surface area contributed by atoms with Crippen LogP contribution in [0.25, 0.3) is 0 Å². The van der Waals surface area contributed by atoms with E-state index in [1.54, 1.807) is 0 Å². The molecule has 0 spiro atoms. The highest BCUT2D eigenvalue weighted by Crippen LogP contribution is 2.14. The molecule has 4 nitrogen and oxygen atoms in total. The lowest BCUT2D eigenvalue weighted by atomic mass is 10.1. The molecule has 0 saturated carbocycles. The lowest BCUT2D eigenvalue weighted by Crippen LogP contribution is -2.31. The molecule has 0 bridgehead atoms. The maximum atomic E-state index is 11.8. The van der Waals surface area contributed by atoms with Crippen LogP contribution >= 0.6 is 0 Å². The Morgan fingerprint density at radius 1 is 1.30 bits per heavy atom. The minimum Gasteiger partial charge on any atom is -0.362 e. The SMILES string of the molecule is NC(CCNC(=O)COCC(F)(F)F)c1ccccc1. The molecule has 1 aromatic rings. The van der Waals surface area contributed by atoms with Crippen molar-refractivity contribution in [1.29, 1.82) is 0 Å². The van der Waals surface area contributed by atoms with E-state index < -0.39 is 25.3 Å². The van der Waals surface area contributed by atoms with Crippen molar-refractivity contribution in [2.45, 2.75) is 18.6 Å². The predicted molar refractivity (Wildman–Crippen MR) is 67.9 cm³/mol. The molecule has 1 amide bonds. The minimum atomic E-state index is -4.42. The van der Waals surface area contributed by atoms with Crippen LogP contribution in [0.3, 0.4) is 0 Å². The number of amides is 1. The average molecular weight is 290 g/mol. The number of benzene rings is 1. The molecule has 1 unspecified atom stereocenters. The van der Waals surface area contributed by atoms with E-state index in [4.69, 9.17) is 5.73 Å². The largest absolute Gasteiger partial charge is 0.411 e. The summed E-state index contributed by atoms with van der Waals surface area (Å²) in [6.07, 6.45) is -3.93. The van der Waals surface area contributed by atoms with E-state index in [-0.39, 0.29) is 12.6 Å². The molecule has 1 aromatic carbocycles. The van der Waals surface area contributed by atoms with Gasteiger partial charge in [-0.3, -0.25) is 4.79 Å². The summed E-state index contributed by atoms with van der Waals surface area (Å²) in [7, 11) is 0. The lowest BCUT2D eigenvalue weighted by Gasteiger charge is -2.13. The van der Waals surface area contributed by atoms with Crippen molar-refractivity contribution < 1.29 is 22.7 Å². The summed E-state index contributed by atoms with van der Waals surface area (Å²) in [4.78, 5) is 11.2. The molecule has 0 aromatic heterocycles. The van der Waals surface area contributed by atoms with Crippen molar-refractivity contribution >= 4 is 5.91 Å². The Morgan fingerprint density at radius 2 is 1.95 bits per heavy atom. The first kappa shape index (κ1) is 16.5. The summed E-state index contributed by atoms with van der Waals surface area (Å²) in [5, 5.41) is 2.46. The van der Waals surface area contributed by atoms with Crippen LogP contribution in [0.15, 0.2) is 30.3 Å². The normalized spacial score (nSPS) is 13.0. The second kappa shape index (κ2) is 7.86. The van der Waals surface area contributed by atoms with Crippen LogP contribution in [0.5, 0.6) is 0 Å². The zero-order valence-electron chi connectivity index (χ0n) is 10.8. The summed E-state index contributed by atoms with van der Waals surface area (Å²) >= 11 is 0. The molecule has 1 atom stereocenters. The van der Waals surface area contributed by atoms with Crippen LogP contribution in [0, 0.1) is 0 Å². The summed E-state index contributed by atoms with van der Waals surface area (Å²) in [6.45, 7) is -1.76. The highest BCUT2D eigenvalue weighted by molar-refractivity contribution is 5.77. The van der Waals surface area contributed by atoms with E-state index >= 15 is 0 Å². The van der Waals surface area contributed by atoms with Crippen molar-refractivity contribution in [3.8, 4) is 0 Å². The molecule has 0 aliphatic heterocycles. The topological polar surface area (TPSA) is 64.3 Å². The van der Waals surface area contributed by atoms with Gasteiger partial charge in [0.05, 0.1) is 0 Å². The molecule has 0 aliphatic rings. The van der Waals surface area contributed by atoms with Gasteiger partial charge in [-0.15, -0.1) is 0 Å². The highest BCUT2D eigenvalue weighted by Gasteiger charge is 2.27. The second-order valence-electron chi connectivity index (χ2n) is 4.26. The van der Waals surface area contributed by atoms with Gasteiger partial charge in [-0.1, -0.05) is 30.3 Å². The highest BCUT2D eigenvalue weighted by atomic mass is 19.4. The Kier molecular flexibility index (Phi) is 6.47. The van der Waals surface area contributed by atoms with E-state index in [1.807, 2.05) is 30.3 Å². The van der Waals surface area contributed by atoms with Crippen molar-refractivity contribution in [2.24, 2.45) is 5.73 Å². The zero-order valence-corrected chi connectivity index (χ0v) is 10.8. The Hall–Kier alpha value is -1.60. The molecular weight excluding hydrogens is 273 g/mol. The molecule has 0 heterocycles. The first-order chi connectivity index (χ1) is 9.38. The van der Waals surface area contributed by atoms with Gasteiger partial charge in [-0.2, -0.15) is 13.2 Å². The number of hydrogen-bond acceptors (Lipinski definition) is 3. The Labute approximate surface area is 115 Å². The van der Waals surface area contributed by atoms with Crippen LogP contribution < -0.4 is 11.1 Å². The number of nitrogens with two attached hydrogens (primary N) is 1. The number of rotatable bonds is 7. The number of halogens is 3. The van der Waals surface area contributed by atoms with Gasteiger partial charge in [0.25, 0.3) is 0 Å². The zero-order chi connectivity index (χ0) is 15.0. The van der Waals surface area contributed by atoms with Gasteiger partial charge in [0, 0.05) is 12.6 Å². The van der Waals surface area contributed by atoms with Crippen LogP contribution in [0.1, 0.15) is 18.0 Å². The van der Waals surface area contributed by atoms with Gasteiger partial charge >= 0.3 is 6.18 Å². The predicted octanol–water partition coefficient (Wildman–Crippen LogP) is 1.77. The molecule has 0 fully saturated rings. The van der Waals surface area contributed by atoms with E-state index in [0.29, 0.717) is 6.42 Å². The molecule has 3 N–H and O–H groups in total. The third kappa shape index (κ3) is 7.10.